The summed E-state index contributed by atoms with van der Waals surface area (Å²) in [6.07, 6.45) is 1.34. The van der Waals surface area contributed by atoms with Crippen LogP contribution in [0.4, 0.5) is 0 Å². The number of hydrogen-bond donors (Lipinski definition) is 0. The number of hydrogen-bond acceptors (Lipinski definition) is 4. The van der Waals surface area contributed by atoms with Crippen molar-refractivity contribution in [3.05, 3.63) is 0 Å². The van der Waals surface area contributed by atoms with Gasteiger partial charge < -0.3 is 9.08 Å². The predicted octanol–water partition coefficient (Wildman–Crippen LogP) is 1.15. The Balaban J connectivity index is 1.68. The number of carbonyl (C=O) groups is 1. The first kappa shape index (κ1) is 9.34. The lowest BCUT2D eigenvalue weighted by Crippen LogP contribution is -2.25. The minimum absolute atomic E-state index is 0.187. The highest BCUT2D eigenvalue weighted by atomic mass is 32.2. The molecule has 0 aromatic heterocycles. The highest BCUT2D eigenvalue weighted by molar-refractivity contribution is 7.95. The Hall–Kier alpha value is -0.220. The van der Waals surface area contributed by atoms with Gasteiger partial charge in [-0.1, -0.05) is 0 Å². The Labute approximate surface area is 83.0 Å². The van der Waals surface area contributed by atoms with Gasteiger partial charge in [-0.05, 0) is 24.8 Å². The molecular formula is C9H15NO2S. The maximum atomic E-state index is 10.5. The lowest BCUT2D eigenvalue weighted by Gasteiger charge is -2.20. The quantitative estimate of drug-likeness (QED) is 0.641. The highest BCUT2D eigenvalue weighted by Crippen LogP contribution is 2.34. The van der Waals surface area contributed by atoms with Crippen molar-refractivity contribution in [2.45, 2.75) is 13.3 Å². The monoisotopic (exact) mass is 201 g/mol. The van der Waals surface area contributed by atoms with Gasteiger partial charge in [-0.2, -0.15) is 0 Å². The normalized spacial score (nSPS) is 36.5. The predicted molar refractivity (Wildman–Crippen MR) is 52.3 cm³/mol. The minimum Gasteiger partial charge on any atom is -0.392 e. The van der Waals surface area contributed by atoms with Crippen LogP contribution in [0.15, 0.2) is 0 Å². The van der Waals surface area contributed by atoms with Gasteiger partial charge in [0, 0.05) is 25.8 Å². The second-order valence-corrected chi connectivity index (χ2v) is 4.66. The van der Waals surface area contributed by atoms with Gasteiger partial charge in [0.05, 0.1) is 12.0 Å². The average Bonchev–Trinajstić information content (AvgIpc) is 2.64. The number of fused-ring (bicyclic) bond motifs is 2. The van der Waals surface area contributed by atoms with E-state index in [2.05, 4.69) is 4.90 Å². The molecule has 0 saturated carbocycles. The van der Waals surface area contributed by atoms with E-state index in [0.29, 0.717) is 0 Å². The van der Waals surface area contributed by atoms with Crippen LogP contribution < -0.4 is 0 Å². The first-order valence-corrected chi connectivity index (χ1v) is 5.69. The van der Waals surface area contributed by atoms with E-state index in [1.54, 1.807) is 0 Å². The van der Waals surface area contributed by atoms with E-state index in [4.69, 9.17) is 4.18 Å². The number of nitrogens with zero attached hydrogens (tertiary/aromatic N) is 1. The first-order chi connectivity index (χ1) is 6.25. The molecule has 74 valence electrons. The minimum atomic E-state index is -0.187. The summed E-state index contributed by atoms with van der Waals surface area (Å²) in [5.41, 5.74) is 0. The summed E-state index contributed by atoms with van der Waals surface area (Å²) >= 11 is 1.32. The fourth-order valence-corrected chi connectivity index (χ4v) is 3.07. The summed E-state index contributed by atoms with van der Waals surface area (Å²) in [5.74, 6) is 2.40. The Morgan fingerprint density at radius 3 is 3.00 bits per heavy atom. The van der Waals surface area contributed by atoms with E-state index in [-0.39, 0.29) is 5.97 Å². The molecular weight excluding hydrogens is 186 g/mol. The molecule has 1 unspecified atom stereocenters. The van der Waals surface area contributed by atoms with Crippen LogP contribution in [0.1, 0.15) is 13.3 Å². The number of carbonyl (C=O) groups excluding carboxylic acids is 1. The van der Waals surface area contributed by atoms with Crippen molar-refractivity contribution in [1.29, 1.82) is 0 Å². The molecule has 0 radical (unpaired) electrons. The third-order valence-electron chi connectivity index (χ3n) is 2.93. The van der Waals surface area contributed by atoms with Crippen LogP contribution in [0.3, 0.4) is 0 Å². The molecule has 2 heterocycles. The molecule has 3 nitrogen and oxygen atoms in total. The van der Waals surface area contributed by atoms with Crippen molar-refractivity contribution >= 4 is 18.0 Å². The molecule has 0 aliphatic carbocycles. The third-order valence-corrected chi connectivity index (χ3v) is 3.84. The topological polar surface area (TPSA) is 29.5 Å². The lowest BCUT2D eigenvalue weighted by molar-refractivity contribution is -0.130. The zero-order valence-electron chi connectivity index (χ0n) is 7.86. The van der Waals surface area contributed by atoms with E-state index in [1.807, 2.05) is 0 Å². The van der Waals surface area contributed by atoms with Crippen LogP contribution in [-0.2, 0) is 8.98 Å². The Kier molecular flexibility index (Phi) is 2.79. The maximum Gasteiger partial charge on any atom is 0.314 e. The summed E-state index contributed by atoms with van der Waals surface area (Å²) in [6, 6.07) is 0. The zero-order valence-corrected chi connectivity index (χ0v) is 8.68. The second kappa shape index (κ2) is 3.88. The summed E-state index contributed by atoms with van der Waals surface area (Å²) in [4.78, 5) is 13.0. The van der Waals surface area contributed by atoms with Crippen LogP contribution in [0.25, 0.3) is 0 Å². The van der Waals surface area contributed by atoms with Gasteiger partial charge in [0.2, 0.25) is 0 Å². The first-order valence-electron chi connectivity index (χ1n) is 4.78. The van der Waals surface area contributed by atoms with Crippen molar-refractivity contribution in [1.82, 2.24) is 4.90 Å². The third kappa shape index (κ3) is 2.17. The number of rotatable bonds is 3. The summed E-state index contributed by atoms with van der Waals surface area (Å²) in [7, 11) is 0. The highest BCUT2D eigenvalue weighted by Gasteiger charge is 2.37. The molecule has 2 saturated heterocycles. The van der Waals surface area contributed by atoms with E-state index >= 15 is 0 Å². The lowest BCUT2D eigenvalue weighted by atomic mass is 9.95. The van der Waals surface area contributed by atoms with Gasteiger partial charge in [-0.3, -0.25) is 4.79 Å². The molecule has 0 aromatic carbocycles. The molecule has 2 rings (SSSR count). The summed E-state index contributed by atoms with van der Waals surface area (Å²) < 4.78 is 4.87. The molecule has 0 amide bonds. The Morgan fingerprint density at radius 2 is 2.46 bits per heavy atom. The molecule has 2 fully saturated rings. The van der Waals surface area contributed by atoms with Crippen molar-refractivity contribution in [3.8, 4) is 0 Å². The summed E-state index contributed by atoms with van der Waals surface area (Å²) in [5, 5.41) is 0. The molecule has 0 aromatic rings. The zero-order chi connectivity index (χ0) is 9.26. The Bertz CT molecular complexity index is 210. The van der Waals surface area contributed by atoms with Crippen molar-refractivity contribution in [2.75, 3.05) is 25.4 Å². The van der Waals surface area contributed by atoms with Gasteiger partial charge in [0.15, 0.2) is 0 Å². The van der Waals surface area contributed by atoms with Crippen molar-refractivity contribution < 1.29 is 8.98 Å². The number of piperidine rings is 1. The van der Waals surface area contributed by atoms with E-state index in [1.165, 1.54) is 45.0 Å². The molecule has 13 heavy (non-hydrogen) atoms. The van der Waals surface area contributed by atoms with Crippen LogP contribution in [0.5, 0.6) is 0 Å². The fraction of sp³-hybridized carbons (Fsp3) is 0.889. The van der Waals surface area contributed by atoms with Crippen LogP contribution in [0.2, 0.25) is 0 Å². The van der Waals surface area contributed by atoms with Gasteiger partial charge in [-0.25, -0.2) is 0 Å². The molecule has 4 heteroatoms. The molecule has 3 atom stereocenters. The molecule has 0 spiro atoms. The summed E-state index contributed by atoms with van der Waals surface area (Å²) in [6.45, 7) is 5.21. The van der Waals surface area contributed by atoms with Crippen LogP contribution in [-0.4, -0.2) is 36.3 Å². The standard InChI is InChI=1S/C9H15NO2S/c1-7(11)12-13-6-9-5-10-3-2-8(9)4-10/h8-9H,2-6H2,1H3/t8-,9-/m1/s1. The molecule has 2 aliphatic rings. The SMILES string of the molecule is CC(=O)OSC[C@H]1CN2CC[C@@H]1C2. The van der Waals surface area contributed by atoms with Crippen molar-refractivity contribution in [3.63, 3.8) is 0 Å². The van der Waals surface area contributed by atoms with Gasteiger partial charge in [-0.15, -0.1) is 0 Å². The van der Waals surface area contributed by atoms with E-state index in [0.717, 1.165) is 17.6 Å². The molecule has 0 N–H and O–H groups in total. The molecule has 2 bridgehead atoms. The van der Waals surface area contributed by atoms with Crippen LogP contribution >= 0.6 is 12.0 Å². The van der Waals surface area contributed by atoms with E-state index < -0.39 is 0 Å². The van der Waals surface area contributed by atoms with Gasteiger partial charge >= 0.3 is 5.97 Å². The molecule has 2 aliphatic heterocycles. The Morgan fingerprint density at radius 1 is 1.62 bits per heavy atom. The van der Waals surface area contributed by atoms with Gasteiger partial charge in [0.1, 0.15) is 0 Å². The fourth-order valence-electron chi connectivity index (χ4n) is 2.29. The van der Waals surface area contributed by atoms with Crippen molar-refractivity contribution in [2.24, 2.45) is 11.8 Å². The second-order valence-electron chi connectivity index (χ2n) is 3.93. The maximum absolute atomic E-state index is 10.5. The van der Waals surface area contributed by atoms with Gasteiger partial charge in [0.25, 0.3) is 0 Å². The smallest absolute Gasteiger partial charge is 0.314 e. The van der Waals surface area contributed by atoms with E-state index in [9.17, 15) is 4.79 Å². The average molecular weight is 201 g/mol. The largest absolute Gasteiger partial charge is 0.392 e. The van der Waals surface area contributed by atoms with Crippen LogP contribution in [0, 0.1) is 11.8 Å².